The zero-order chi connectivity index (χ0) is 24.0. The molecule has 3 rings (SSSR count). The third-order valence-electron chi connectivity index (χ3n) is 5.59. The van der Waals surface area contributed by atoms with Gasteiger partial charge < -0.3 is 9.57 Å². The Morgan fingerprint density at radius 3 is 2.18 bits per heavy atom. The predicted octanol–water partition coefficient (Wildman–Crippen LogP) is 5.12. The van der Waals surface area contributed by atoms with Crippen LogP contribution in [0.5, 0.6) is 5.75 Å². The van der Waals surface area contributed by atoms with E-state index in [1.165, 1.54) is 22.8 Å². The van der Waals surface area contributed by atoms with Gasteiger partial charge >= 0.3 is 5.97 Å². The number of hydrogen-bond donors (Lipinski definition) is 0. The minimum Gasteiger partial charge on any atom is -0.496 e. The minimum atomic E-state index is -0.928. The Kier molecular flexibility index (Phi) is 7.83. The fourth-order valence-electron chi connectivity index (χ4n) is 3.93. The highest BCUT2D eigenvalue weighted by Gasteiger charge is 2.15. The zero-order valence-electron chi connectivity index (χ0n) is 19.4. The van der Waals surface area contributed by atoms with Crippen LogP contribution in [0, 0.1) is 19.7 Å². The van der Waals surface area contributed by atoms with Crippen molar-refractivity contribution < 1.29 is 23.6 Å². The smallest absolute Gasteiger partial charge is 0.395 e. The number of benzene rings is 3. The van der Waals surface area contributed by atoms with Crippen LogP contribution in [0.4, 0.5) is 10.1 Å². The summed E-state index contributed by atoms with van der Waals surface area (Å²) in [5.41, 5.74) is 7.18. The molecule has 0 N–H and O–H groups in total. The molecule has 33 heavy (non-hydrogen) atoms. The summed E-state index contributed by atoms with van der Waals surface area (Å²) in [6, 6.07) is 16.5. The Morgan fingerprint density at radius 2 is 1.61 bits per heavy atom. The van der Waals surface area contributed by atoms with Crippen molar-refractivity contribution in [3.8, 4) is 5.75 Å². The molecule has 3 aromatic carbocycles. The average Bonchev–Trinajstić information content (AvgIpc) is 2.81. The third-order valence-corrected chi connectivity index (χ3v) is 5.59. The molecule has 0 aliphatic heterocycles. The van der Waals surface area contributed by atoms with Gasteiger partial charge in [0.15, 0.2) is 0 Å². The summed E-state index contributed by atoms with van der Waals surface area (Å²) in [5.74, 6) is -0.387. The van der Waals surface area contributed by atoms with Gasteiger partial charge in [0, 0.05) is 6.42 Å². The largest absolute Gasteiger partial charge is 0.496 e. The van der Waals surface area contributed by atoms with Crippen LogP contribution in [-0.4, -0.2) is 25.9 Å². The lowest BCUT2D eigenvalue weighted by atomic mass is 9.93. The summed E-state index contributed by atoms with van der Waals surface area (Å²) in [7, 11) is 1.65. The van der Waals surface area contributed by atoms with Crippen molar-refractivity contribution in [3.05, 3.63) is 93.8 Å². The van der Waals surface area contributed by atoms with Gasteiger partial charge in [0.25, 0.3) is 0 Å². The van der Waals surface area contributed by atoms with Gasteiger partial charge in [0.1, 0.15) is 11.6 Å². The molecule has 172 valence electrons. The molecule has 0 fully saturated rings. The number of methoxy groups -OCH3 is 1. The molecule has 0 saturated carbocycles. The number of aryl methyl sites for hydroxylation is 2. The highest BCUT2D eigenvalue weighted by atomic mass is 19.1. The molecule has 0 radical (unpaired) electrons. The van der Waals surface area contributed by atoms with E-state index >= 15 is 0 Å². The predicted molar refractivity (Wildman–Crippen MR) is 126 cm³/mol. The fourth-order valence-corrected chi connectivity index (χ4v) is 3.93. The first-order valence-corrected chi connectivity index (χ1v) is 10.8. The first kappa shape index (κ1) is 24.0. The molecule has 0 spiro atoms. The lowest BCUT2D eigenvalue weighted by Gasteiger charge is -2.23. The van der Waals surface area contributed by atoms with Gasteiger partial charge in [-0.1, -0.05) is 24.3 Å². The maximum Gasteiger partial charge on any atom is 0.395 e. The van der Waals surface area contributed by atoms with Crippen LogP contribution in [0.15, 0.2) is 54.6 Å². The Bertz CT molecular complexity index is 1120. The zero-order valence-corrected chi connectivity index (χ0v) is 19.4. The van der Waals surface area contributed by atoms with Crippen molar-refractivity contribution in [1.29, 1.82) is 0 Å². The molecule has 0 aromatic heterocycles. The molecule has 3 aromatic rings. The van der Waals surface area contributed by atoms with Crippen molar-refractivity contribution in [1.82, 2.24) is 0 Å². The summed E-state index contributed by atoms with van der Waals surface area (Å²) in [4.78, 5) is 27.2. The molecular formula is C27H28FNO4. The number of halogens is 1. The summed E-state index contributed by atoms with van der Waals surface area (Å²) < 4.78 is 18.8. The topological polar surface area (TPSA) is 55.8 Å². The van der Waals surface area contributed by atoms with Crippen molar-refractivity contribution in [2.24, 2.45) is 0 Å². The molecule has 0 aliphatic rings. The SMILES string of the molecule is CCN(OC(=O)C=O)c1cc(C)c(Cc2ccc(OC)c(Cc3ccc(F)cc3)c2)c(C)c1. The van der Waals surface area contributed by atoms with Gasteiger partial charge in [-0.3, -0.25) is 4.79 Å². The molecule has 0 atom stereocenters. The van der Waals surface area contributed by atoms with Crippen LogP contribution in [0.1, 0.15) is 40.3 Å². The maximum absolute atomic E-state index is 13.3. The Balaban J connectivity index is 1.87. The minimum absolute atomic E-state index is 0.157. The highest BCUT2D eigenvalue weighted by molar-refractivity contribution is 6.20. The van der Waals surface area contributed by atoms with Crippen molar-refractivity contribution in [2.75, 3.05) is 18.7 Å². The van der Waals surface area contributed by atoms with Crippen molar-refractivity contribution in [3.63, 3.8) is 0 Å². The van der Waals surface area contributed by atoms with E-state index in [0.717, 1.165) is 45.7 Å². The van der Waals surface area contributed by atoms with Crippen LogP contribution in [0.25, 0.3) is 0 Å². The molecule has 0 unspecified atom stereocenters. The summed E-state index contributed by atoms with van der Waals surface area (Å²) in [6.45, 7) is 6.30. The lowest BCUT2D eigenvalue weighted by Crippen LogP contribution is -2.27. The number of ether oxygens (including phenoxy) is 1. The molecule has 0 saturated heterocycles. The van der Waals surface area contributed by atoms with Gasteiger partial charge in [0.2, 0.25) is 6.29 Å². The third kappa shape index (κ3) is 5.98. The molecule has 6 heteroatoms. The van der Waals surface area contributed by atoms with Crippen LogP contribution in [0.2, 0.25) is 0 Å². The summed E-state index contributed by atoms with van der Waals surface area (Å²) in [5, 5.41) is 1.41. The first-order chi connectivity index (χ1) is 15.8. The Morgan fingerprint density at radius 1 is 0.970 bits per heavy atom. The van der Waals surface area contributed by atoms with Gasteiger partial charge in [0.05, 0.1) is 19.3 Å². The van der Waals surface area contributed by atoms with E-state index in [0.29, 0.717) is 13.0 Å². The molecule has 5 nitrogen and oxygen atoms in total. The molecular weight excluding hydrogens is 421 g/mol. The second kappa shape index (κ2) is 10.8. The number of carbonyl (C=O) groups is 2. The Labute approximate surface area is 193 Å². The number of aldehydes is 1. The molecule has 0 heterocycles. The number of hydrogen-bond acceptors (Lipinski definition) is 5. The van der Waals surface area contributed by atoms with E-state index < -0.39 is 5.97 Å². The van der Waals surface area contributed by atoms with Crippen LogP contribution >= 0.6 is 0 Å². The summed E-state index contributed by atoms with van der Waals surface area (Å²) >= 11 is 0. The number of hydroxylamine groups is 1. The quantitative estimate of drug-likeness (QED) is 0.258. The number of anilines is 1. The van der Waals surface area contributed by atoms with E-state index in [1.54, 1.807) is 19.2 Å². The van der Waals surface area contributed by atoms with E-state index in [2.05, 4.69) is 6.07 Å². The van der Waals surface area contributed by atoms with Crippen LogP contribution in [0.3, 0.4) is 0 Å². The highest BCUT2D eigenvalue weighted by Crippen LogP contribution is 2.28. The van der Waals surface area contributed by atoms with Gasteiger partial charge in [-0.25, -0.2) is 14.2 Å². The van der Waals surface area contributed by atoms with E-state index in [9.17, 15) is 14.0 Å². The molecule has 0 bridgehead atoms. The molecule has 0 amide bonds. The Hall–Kier alpha value is -3.67. The van der Waals surface area contributed by atoms with E-state index in [-0.39, 0.29) is 12.1 Å². The monoisotopic (exact) mass is 449 g/mol. The van der Waals surface area contributed by atoms with Crippen LogP contribution < -0.4 is 9.80 Å². The van der Waals surface area contributed by atoms with Crippen LogP contribution in [-0.2, 0) is 27.3 Å². The van der Waals surface area contributed by atoms with Crippen molar-refractivity contribution >= 4 is 17.9 Å². The standard InChI is InChI=1S/C27H28FNO4/c1-5-29(33-27(31)17-30)24-12-18(2)25(19(3)13-24)16-21-8-11-26(32-4)22(15-21)14-20-6-9-23(28)10-7-20/h6-13,15,17H,5,14,16H2,1-4H3. The van der Waals surface area contributed by atoms with E-state index in [4.69, 9.17) is 9.57 Å². The average molecular weight is 450 g/mol. The summed E-state index contributed by atoms with van der Waals surface area (Å²) in [6.07, 6.45) is 1.52. The second-order valence-corrected chi connectivity index (χ2v) is 7.91. The van der Waals surface area contributed by atoms with Gasteiger partial charge in [-0.05, 0) is 90.9 Å². The first-order valence-electron chi connectivity index (χ1n) is 10.8. The fraction of sp³-hybridized carbons (Fsp3) is 0.259. The second-order valence-electron chi connectivity index (χ2n) is 7.91. The normalized spacial score (nSPS) is 10.6. The van der Waals surface area contributed by atoms with Gasteiger partial charge in [-0.15, -0.1) is 0 Å². The van der Waals surface area contributed by atoms with Gasteiger partial charge in [-0.2, -0.15) is 0 Å². The van der Waals surface area contributed by atoms with Crippen molar-refractivity contribution in [2.45, 2.75) is 33.6 Å². The maximum atomic E-state index is 13.3. The molecule has 0 aliphatic carbocycles. The number of nitrogens with zero attached hydrogens (tertiary/aromatic N) is 1. The lowest BCUT2D eigenvalue weighted by molar-refractivity contribution is -0.149. The number of rotatable bonds is 9. The van der Waals surface area contributed by atoms with E-state index in [1.807, 2.05) is 45.0 Å². The number of carbonyl (C=O) groups excluding carboxylic acids is 2.